The molecule has 0 aliphatic rings. The quantitative estimate of drug-likeness (QED) is 0.804. The average molecular weight is 204 g/mol. The molecule has 0 saturated carbocycles. The number of carbonyl (C=O) groups is 1. The zero-order valence-electron chi connectivity index (χ0n) is 7.22. The fourth-order valence-corrected chi connectivity index (χ4v) is 1.08. The molecule has 0 amide bonds. The summed E-state index contributed by atoms with van der Waals surface area (Å²) < 4.78 is 37.5. The van der Waals surface area contributed by atoms with E-state index in [4.69, 9.17) is 5.11 Å². The lowest BCUT2D eigenvalue weighted by Crippen LogP contribution is -2.02. The van der Waals surface area contributed by atoms with Crippen LogP contribution in [0, 0.1) is 12.7 Å². The Bertz CT molecular complexity index is 375. The number of halogens is 3. The summed E-state index contributed by atoms with van der Waals surface area (Å²) >= 11 is 0. The van der Waals surface area contributed by atoms with Crippen LogP contribution >= 0.6 is 0 Å². The Balaban J connectivity index is 3.35. The first-order valence-electron chi connectivity index (χ1n) is 3.75. The highest BCUT2D eigenvalue weighted by Crippen LogP contribution is 2.25. The standard InChI is InChI=1S/C9H7F3O2/c1-4-2-5(9(13)14)3-6(7(4)10)8(11)12/h2-3,8H,1H3,(H,13,14). The molecule has 0 bridgehead atoms. The second-order valence-electron chi connectivity index (χ2n) is 2.80. The summed E-state index contributed by atoms with van der Waals surface area (Å²) in [7, 11) is 0. The summed E-state index contributed by atoms with van der Waals surface area (Å²) in [5, 5.41) is 8.54. The van der Waals surface area contributed by atoms with Gasteiger partial charge in [0.15, 0.2) is 0 Å². The van der Waals surface area contributed by atoms with Crippen LogP contribution in [0.25, 0.3) is 0 Å². The van der Waals surface area contributed by atoms with E-state index in [0.717, 1.165) is 6.07 Å². The van der Waals surface area contributed by atoms with Gasteiger partial charge in [-0.1, -0.05) is 0 Å². The van der Waals surface area contributed by atoms with Crippen LogP contribution in [0.2, 0.25) is 0 Å². The molecule has 1 N–H and O–H groups in total. The Morgan fingerprint density at radius 3 is 2.43 bits per heavy atom. The molecule has 1 aromatic carbocycles. The fraction of sp³-hybridized carbons (Fsp3) is 0.222. The zero-order valence-corrected chi connectivity index (χ0v) is 7.22. The first kappa shape index (κ1) is 10.6. The maximum atomic E-state index is 13.0. The zero-order chi connectivity index (χ0) is 10.9. The highest BCUT2D eigenvalue weighted by atomic mass is 19.3. The first-order valence-corrected chi connectivity index (χ1v) is 3.75. The average Bonchev–Trinajstić information content (AvgIpc) is 2.08. The van der Waals surface area contributed by atoms with Crippen LogP contribution < -0.4 is 0 Å². The smallest absolute Gasteiger partial charge is 0.335 e. The van der Waals surface area contributed by atoms with E-state index in [2.05, 4.69) is 0 Å². The SMILES string of the molecule is Cc1cc(C(=O)O)cc(C(F)F)c1F. The van der Waals surface area contributed by atoms with Crippen molar-refractivity contribution < 1.29 is 23.1 Å². The Hall–Kier alpha value is -1.52. The van der Waals surface area contributed by atoms with Crippen LogP contribution in [0.4, 0.5) is 13.2 Å². The van der Waals surface area contributed by atoms with Gasteiger partial charge >= 0.3 is 5.97 Å². The third kappa shape index (κ3) is 1.86. The number of hydrogen-bond donors (Lipinski definition) is 1. The van der Waals surface area contributed by atoms with Gasteiger partial charge < -0.3 is 5.11 Å². The Morgan fingerprint density at radius 2 is 2.00 bits per heavy atom. The summed E-state index contributed by atoms with van der Waals surface area (Å²) in [6.45, 7) is 1.24. The van der Waals surface area contributed by atoms with Crippen LogP contribution in [-0.2, 0) is 0 Å². The topological polar surface area (TPSA) is 37.3 Å². The third-order valence-corrected chi connectivity index (χ3v) is 1.76. The molecule has 0 heterocycles. The highest BCUT2D eigenvalue weighted by molar-refractivity contribution is 5.88. The van der Waals surface area contributed by atoms with Gasteiger partial charge in [0, 0.05) is 0 Å². The lowest BCUT2D eigenvalue weighted by Gasteiger charge is -2.06. The molecule has 76 valence electrons. The minimum atomic E-state index is -3.01. The summed E-state index contributed by atoms with van der Waals surface area (Å²) in [5.74, 6) is -2.40. The maximum absolute atomic E-state index is 13.0. The van der Waals surface area contributed by atoms with Crippen LogP contribution in [0.3, 0.4) is 0 Å². The van der Waals surface area contributed by atoms with Crippen LogP contribution in [0.1, 0.15) is 27.9 Å². The molecule has 14 heavy (non-hydrogen) atoms. The number of carboxylic acids is 1. The lowest BCUT2D eigenvalue weighted by molar-refractivity contribution is 0.0696. The summed E-state index contributed by atoms with van der Waals surface area (Å²) in [5.41, 5.74) is -1.30. The minimum absolute atomic E-state index is 0.0970. The van der Waals surface area contributed by atoms with Crippen molar-refractivity contribution in [3.63, 3.8) is 0 Å². The molecule has 0 radical (unpaired) electrons. The van der Waals surface area contributed by atoms with Crippen LogP contribution in [0.5, 0.6) is 0 Å². The van der Waals surface area contributed by atoms with Crippen molar-refractivity contribution in [3.05, 3.63) is 34.6 Å². The molecule has 0 aliphatic heterocycles. The first-order chi connectivity index (χ1) is 6.43. The molecule has 2 nitrogen and oxygen atoms in total. The van der Waals surface area contributed by atoms with Gasteiger partial charge in [-0.3, -0.25) is 0 Å². The number of hydrogen-bond acceptors (Lipinski definition) is 1. The van der Waals surface area contributed by atoms with E-state index in [-0.39, 0.29) is 11.1 Å². The van der Waals surface area contributed by atoms with Crippen molar-refractivity contribution in [2.24, 2.45) is 0 Å². The number of carboxylic acid groups (broad SMARTS) is 1. The second kappa shape index (κ2) is 3.69. The van der Waals surface area contributed by atoms with Gasteiger partial charge in [0.25, 0.3) is 6.43 Å². The summed E-state index contributed by atoms with van der Waals surface area (Å²) in [6, 6.07) is 1.67. The Kier molecular flexibility index (Phi) is 2.78. The molecule has 5 heteroatoms. The largest absolute Gasteiger partial charge is 0.478 e. The monoisotopic (exact) mass is 204 g/mol. The molecule has 1 rings (SSSR count). The van der Waals surface area contributed by atoms with Crippen molar-refractivity contribution in [3.8, 4) is 0 Å². The van der Waals surface area contributed by atoms with E-state index < -0.39 is 23.8 Å². The number of aryl methyl sites for hydroxylation is 1. The lowest BCUT2D eigenvalue weighted by atomic mass is 10.1. The van der Waals surface area contributed by atoms with Crippen molar-refractivity contribution in [1.29, 1.82) is 0 Å². The number of rotatable bonds is 2. The van der Waals surface area contributed by atoms with Gasteiger partial charge in [-0.25, -0.2) is 18.0 Å². The molecule has 1 aromatic rings. The van der Waals surface area contributed by atoms with Crippen molar-refractivity contribution in [1.82, 2.24) is 0 Å². The molecular formula is C9H7F3O2. The molecule has 0 spiro atoms. The predicted octanol–water partition coefficient (Wildman–Crippen LogP) is 2.77. The molecule has 0 aromatic heterocycles. The highest BCUT2D eigenvalue weighted by Gasteiger charge is 2.18. The number of aromatic carboxylic acids is 1. The molecule has 0 fully saturated rings. The van der Waals surface area contributed by atoms with E-state index in [9.17, 15) is 18.0 Å². The molecule has 0 aliphatic carbocycles. The van der Waals surface area contributed by atoms with Gasteiger partial charge in [-0.2, -0.15) is 0 Å². The minimum Gasteiger partial charge on any atom is -0.478 e. The van der Waals surface area contributed by atoms with E-state index in [1.54, 1.807) is 0 Å². The van der Waals surface area contributed by atoms with Gasteiger partial charge in [0.2, 0.25) is 0 Å². The molecule has 0 saturated heterocycles. The van der Waals surface area contributed by atoms with Crippen molar-refractivity contribution in [2.45, 2.75) is 13.3 Å². The summed E-state index contributed by atoms with van der Waals surface area (Å²) in [4.78, 5) is 10.5. The Morgan fingerprint density at radius 1 is 1.43 bits per heavy atom. The van der Waals surface area contributed by atoms with E-state index in [0.29, 0.717) is 6.07 Å². The molecule has 0 unspecified atom stereocenters. The second-order valence-corrected chi connectivity index (χ2v) is 2.80. The van der Waals surface area contributed by atoms with E-state index in [1.807, 2.05) is 0 Å². The van der Waals surface area contributed by atoms with Gasteiger partial charge in [0.1, 0.15) is 5.82 Å². The van der Waals surface area contributed by atoms with Crippen LogP contribution in [0.15, 0.2) is 12.1 Å². The number of benzene rings is 1. The number of alkyl halides is 2. The predicted molar refractivity (Wildman–Crippen MR) is 43.1 cm³/mol. The van der Waals surface area contributed by atoms with Crippen molar-refractivity contribution >= 4 is 5.97 Å². The normalized spacial score (nSPS) is 10.6. The third-order valence-electron chi connectivity index (χ3n) is 1.76. The van der Waals surface area contributed by atoms with Crippen molar-refractivity contribution in [2.75, 3.05) is 0 Å². The molecular weight excluding hydrogens is 197 g/mol. The van der Waals surface area contributed by atoms with Gasteiger partial charge in [-0.05, 0) is 24.6 Å². The fourth-order valence-electron chi connectivity index (χ4n) is 1.08. The van der Waals surface area contributed by atoms with E-state index >= 15 is 0 Å². The van der Waals surface area contributed by atoms with Gasteiger partial charge in [0.05, 0.1) is 11.1 Å². The summed E-state index contributed by atoms with van der Waals surface area (Å²) in [6.07, 6.45) is -3.01. The maximum Gasteiger partial charge on any atom is 0.335 e. The van der Waals surface area contributed by atoms with Gasteiger partial charge in [-0.15, -0.1) is 0 Å². The van der Waals surface area contributed by atoms with E-state index in [1.165, 1.54) is 6.92 Å². The van der Waals surface area contributed by atoms with Crippen LogP contribution in [-0.4, -0.2) is 11.1 Å². The Labute approximate surface area is 78.0 Å². The molecule has 0 atom stereocenters.